The average molecular weight is 487 g/mol. The molecule has 0 bridgehead atoms. The zero-order valence-corrected chi connectivity index (χ0v) is 16.7. The molecule has 136 valence electrons. The van der Waals surface area contributed by atoms with Crippen molar-refractivity contribution in [2.45, 2.75) is 0 Å². The summed E-state index contributed by atoms with van der Waals surface area (Å²) in [6.07, 6.45) is 3.28. The van der Waals surface area contributed by atoms with E-state index < -0.39 is 5.91 Å². The van der Waals surface area contributed by atoms with Gasteiger partial charge in [0.2, 0.25) is 0 Å². The molecule has 3 aromatic rings. The van der Waals surface area contributed by atoms with Crippen LogP contribution in [-0.2, 0) is 4.84 Å². The Hall–Kier alpha value is -1.82. The molecule has 0 saturated heterocycles. The number of pyridine rings is 1. The molecule has 6 nitrogen and oxygen atoms in total. The van der Waals surface area contributed by atoms with Crippen LogP contribution in [0.3, 0.4) is 0 Å². The molecule has 2 aromatic heterocycles. The summed E-state index contributed by atoms with van der Waals surface area (Å²) < 4.78 is 16.1. The first-order valence-corrected chi connectivity index (χ1v) is 9.50. The Morgan fingerprint density at radius 2 is 2.27 bits per heavy atom. The van der Waals surface area contributed by atoms with Crippen LogP contribution in [0.4, 0.5) is 15.8 Å². The fourth-order valence-corrected chi connectivity index (χ4v) is 4.04. The van der Waals surface area contributed by atoms with E-state index in [0.29, 0.717) is 16.3 Å². The number of nitrogens with zero attached hydrogens (tertiary/aromatic N) is 2. The Bertz CT molecular complexity index is 950. The minimum Gasteiger partial charge on any atom is -0.394 e. The maximum absolute atomic E-state index is 14.5. The number of nitrogens with one attached hydrogen (secondary N) is 1. The second-order valence-corrected chi connectivity index (χ2v) is 7.61. The lowest BCUT2D eigenvalue weighted by atomic mass is 10.2. The van der Waals surface area contributed by atoms with E-state index >= 15 is 0 Å². The summed E-state index contributed by atoms with van der Waals surface area (Å²) in [6.45, 7) is -0.230. The lowest BCUT2D eigenvalue weighted by molar-refractivity contribution is 0.0172. The molecule has 9 heteroatoms. The minimum atomic E-state index is -0.465. The normalized spacial score (nSPS) is 10.9. The van der Waals surface area contributed by atoms with Gasteiger partial charge in [0, 0.05) is 33.1 Å². The van der Waals surface area contributed by atoms with Crippen molar-refractivity contribution in [3.05, 3.63) is 50.9 Å². The first kappa shape index (κ1) is 19.0. The molecule has 0 atom stereocenters. The standard InChI is InChI=1S/C17H15FIN3O3S/c1-22(13-3-2-10(19)8-12(13)18)15-11-9-20-5-4-14(11)26-16(15)17(24)21-25-7-6-23/h2-5,8-9,23H,6-7H2,1H3,(H,21,24). The second-order valence-electron chi connectivity index (χ2n) is 5.31. The minimum absolute atomic E-state index is 0.0187. The quantitative estimate of drug-likeness (QED) is 0.317. The van der Waals surface area contributed by atoms with E-state index in [0.717, 1.165) is 13.7 Å². The van der Waals surface area contributed by atoms with Gasteiger partial charge in [-0.05, 0) is 46.9 Å². The topological polar surface area (TPSA) is 74.7 Å². The molecular formula is C17H15FIN3O3S. The number of benzene rings is 1. The molecule has 2 N–H and O–H groups in total. The van der Waals surface area contributed by atoms with Gasteiger partial charge in [-0.25, -0.2) is 9.87 Å². The lowest BCUT2D eigenvalue weighted by Gasteiger charge is -2.21. The number of aliphatic hydroxyl groups is 1. The Labute approximate surface area is 166 Å². The monoisotopic (exact) mass is 487 g/mol. The van der Waals surface area contributed by atoms with Crippen LogP contribution in [0.5, 0.6) is 0 Å². The SMILES string of the molecule is CN(c1ccc(I)cc1F)c1c(C(=O)NOCCO)sc2ccncc12. The molecule has 0 aliphatic carbocycles. The third-order valence-electron chi connectivity index (χ3n) is 3.63. The molecule has 2 heterocycles. The molecule has 26 heavy (non-hydrogen) atoms. The molecule has 0 aliphatic rings. The summed E-state index contributed by atoms with van der Waals surface area (Å²) in [5.41, 5.74) is 3.19. The highest BCUT2D eigenvalue weighted by atomic mass is 127. The van der Waals surface area contributed by atoms with Gasteiger partial charge in [0.1, 0.15) is 10.7 Å². The average Bonchev–Trinajstić information content (AvgIpc) is 3.01. The van der Waals surface area contributed by atoms with Crippen LogP contribution >= 0.6 is 33.9 Å². The zero-order chi connectivity index (χ0) is 18.7. The molecule has 0 fully saturated rings. The fourth-order valence-electron chi connectivity index (χ4n) is 2.50. The number of hydrogen-bond acceptors (Lipinski definition) is 6. The van der Waals surface area contributed by atoms with E-state index in [4.69, 9.17) is 9.94 Å². The number of hydroxylamine groups is 1. The van der Waals surface area contributed by atoms with Gasteiger partial charge in [-0.2, -0.15) is 0 Å². The highest BCUT2D eigenvalue weighted by Gasteiger charge is 2.24. The van der Waals surface area contributed by atoms with Gasteiger partial charge in [-0.15, -0.1) is 11.3 Å². The third-order valence-corrected chi connectivity index (χ3v) is 5.46. The molecule has 0 saturated carbocycles. The van der Waals surface area contributed by atoms with E-state index in [2.05, 4.69) is 10.5 Å². The largest absolute Gasteiger partial charge is 0.394 e. The highest BCUT2D eigenvalue weighted by Crippen LogP contribution is 2.41. The predicted molar refractivity (Wildman–Crippen MR) is 107 cm³/mol. The molecule has 0 unspecified atom stereocenters. The van der Waals surface area contributed by atoms with Crippen LogP contribution in [0, 0.1) is 9.39 Å². The van der Waals surface area contributed by atoms with Gasteiger partial charge in [0.15, 0.2) is 0 Å². The second kappa shape index (κ2) is 8.25. The van der Waals surface area contributed by atoms with Crippen molar-refractivity contribution in [2.24, 2.45) is 0 Å². The van der Waals surface area contributed by atoms with E-state index in [1.165, 1.54) is 17.4 Å². The number of thiophene rings is 1. The Balaban J connectivity index is 2.07. The summed E-state index contributed by atoms with van der Waals surface area (Å²) in [5.74, 6) is -0.849. The predicted octanol–water partition coefficient (Wildman–Crippen LogP) is 3.46. The van der Waals surface area contributed by atoms with Crippen molar-refractivity contribution in [2.75, 3.05) is 25.2 Å². The Morgan fingerprint density at radius 3 is 3.00 bits per heavy atom. The van der Waals surface area contributed by atoms with E-state index in [1.807, 2.05) is 22.6 Å². The van der Waals surface area contributed by atoms with Crippen molar-refractivity contribution in [1.29, 1.82) is 0 Å². The van der Waals surface area contributed by atoms with E-state index in [9.17, 15) is 9.18 Å². The van der Waals surface area contributed by atoms with Crippen LogP contribution in [0.1, 0.15) is 9.67 Å². The molecule has 1 aromatic carbocycles. The number of halogens is 2. The molecular weight excluding hydrogens is 472 g/mol. The molecule has 3 rings (SSSR count). The van der Waals surface area contributed by atoms with Gasteiger partial charge in [0.25, 0.3) is 5.91 Å². The maximum Gasteiger partial charge on any atom is 0.287 e. The number of aliphatic hydroxyl groups excluding tert-OH is 1. The summed E-state index contributed by atoms with van der Waals surface area (Å²) >= 11 is 3.30. The van der Waals surface area contributed by atoms with Gasteiger partial charge < -0.3 is 10.0 Å². The number of amides is 1. The summed E-state index contributed by atoms with van der Waals surface area (Å²) in [6, 6.07) is 6.70. The third kappa shape index (κ3) is 3.80. The van der Waals surface area contributed by atoms with Crippen molar-refractivity contribution in [3.8, 4) is 0 Å². The van der Waals surface area contributed by atoms with Gasteiger partial charge in [0.05, 0.1) is 24.6 Å². The lowest BCUT2D eigenvalue weighted by Crippen LogP contribution is -2.26. The summed E-state index contributed by atoms with van der Waals surface area (Å²) in [7, 11) is 1.70. The van der Waals surface area contributed by atoms with E-state index in [1.54, 1.807) is 42.5 Å². The molecule has 0 aliphatic heterocycles. The Morgan fingerprint density at radius 1 is 1.46 bits per heavy atom. The van der Waals surface area contributed by atoms with Crippen LogP contribution in [-0.4, -0.2) is 36.3 Å². The van der Waals surface area contributed by atoms with Crippen molar-refractivity contribution < 1.29 is 19.1 Å². The van der Waals surface area contributed by atoms with Gasteiger partial charge >= 0.3 is 0 Å². The van der Waals surface area contributed by atoms with Crippen LogP contribution in [0.15, 0.2) is 36.7 Å². The maximum atomic E-state index is 14.5. The smallest absolute Gasteiger partial charge is 0.287 e. The van der Waals surface area contributed by atoms with Crippen molar-refractivity contribution >= 4 is 61.3 Å². The number of rotatable bonds is 6. The van der Waals surface area contributed by atoms with Crippen molar-refractivity contribution in [1.82, 2.24) is 10.5 Å². The number of fused-ring (bicyclic) bond motifs is 1. The first-order valence-electron chi connectivity index (χ1n) is 7.61. The number of carbonyl (C=O) groups excluding carboxylic acids is 1. The van der Waals surface area contributed by atoms with Crippen LogP contribution in [0.25, 0.3) is 10.1 Å². The van der Waals surface area contributed by atoms with Crippen molar-refractivity contribution in [3.63, 3.8) is 0 Å². The van der Waals surface area contributed by atoms with Gasteiger partial charge in [-0.1, -0.05) is 0 Å². The van der Waals surface area contributed by atoms with Gasteiger partial charge in [-0.3, -0.25) is 14.6 Å². The summed E-state index contributed by atoms with van der Waals surface area (Å²) in [4.78, 5) is 23.6. The molecule has 0 spiro atoms. The Kier molecular flexibility index (Phi) is 6.01. The zero-order valence-electron chi connectivity index (χ0n) is 13.7. The summed E-state index contributed by atoms with van der Waals surface area (Å²) in [5, 5.41) is 9.52. The number of carbonyl (C=O) groups is 1. The molecule has 0 radical (unpaired) electrons. The number of aromatic nitrogens is 1. The number of anilines is 2. The van der Waals surface area contributed by atoms with E-state index in [-0.39, 0.29) is 19.0 Å². The van der Waals surface area contributed by atoms with Crippen LogP contribution < -0.4 is 10.4 Å². The number of hydrogen-bond donors (Lipinski definition) is 2. The highest BCUT2D eigenvalue weighted by molar-refractivity contribution is 14.1. The fraction of sp³-hybridized carbons (Fsp3) is 0.176. The van der Waals surface area contributed by atoms with Crippen LogP contribution in [0.2, 0.25) is 0 Å². The molecule has 1 amide bonds. The first-order chi connectivity index (χ1) is 12.5.